The van der Waals surface area contributed by atoms with E-state index in [0.717, 1.165) is 5.56 Å². The van der Waals surface area contributed by atoms with E-state index < -0.39 is 10.2 Å². The minimum absolute atomic E-state index is 0.0448. The van der Waals surface area contributed by atoms with Crippen LogP contribution in [0.25, 0.3) is 0 Å². The number of hydrogen-bond acceptors (Lipinski definition) is 3. The van der Waals surface area contributed by atoms with Crippen molar-refractivity contribution in [2.75, 3.05) is 4.72 Å². The lowest BCUT2D eigenvalue weighted by Gasteiger charge is -2.18. The van der Waals surface area contributed by atoms with Gasteiger partial charge in [0.15, 0.2) is 0 Å². The van der Waals surface area contributed by atoms with Crippen LogP contribution in [-0.4, -0.2) is 13.5 Å². The van der Waals surface area contributed by atoms with Crippen molar-refractivity contribution in [1.29, 1.82) is 0 Å². The highest BCUT2D eigenvalue weighted by Gasteiger charge is 2.18. The molecule has 1 aromatic rings. The van der Waals surface area contributed by atoms with E-state index >= 15 is 0 Å². The Kier molecular flexibility index (Phi) is 1.67. The second kappa shape index (κ2) is 2.61. The SMILES string of the molecule is O=S1(=O)NCc2ccc(O)cc2N1. The molecule has 0 saturated heterocycles. The second-order valence-electron chi connectivity index (χ2n) is 2.77. The Bertz CT molecular complexity index is 441. The van der Waals surface area contributed by atoms with Gasteiger partial charge in [0.05, 0.1) is 5.69 Å². The summed E-state index contributed by atoms with van der Waals surface area (Å²) < 4.78 is 26.6. The van der Waals surface area contributed by atoms with Gasteiger partial charge in [0.1, 0.15) is 5.75 Å². The van der Waals surface area contributed by atoms with E-state index in [2.05, 4.69) is 9.44 Å². The number of aromatic hydroxyl groups is 1. The summed E-state index contributed by atoms with van der Waals surface area (Å²) in [4.78, 5) is 0. The largest absolute Gasteiger partial charge is 0.508 e. The lowest BCUT2D eigenvalue weighted by atomic mass is 10.2. The second-order valence-corrected chi connectivity index (χ2v) is 4.27. The van der Waals surface area contributed by atoms with Gasteiger partial charge < -0.3 is 5.11 Å². The summed E-state index contributed by atoms with van der Waals surface area (Å²) in [5.41, 5.74) is 1.24. The van der Waals surface area contributed by atoms with Crippen molar-refractivity contribution in [3.8, 4) is 5.75 Å². The molecular weight excluding hydrogens is 192 g/mol. The average molecular weight is 200 g/mol. The van der Waals surface area contributed by atoms with Crippen LogP contribution in [0.3, 0.4) is 0 Å². The van der Waals surface area contributed by atoms with E-state index in [-0.39, 0.29) is 12.3 Å². The highest BCUT2D eigenvalue weighted by atomic mass is 32.2. The summed E-state index contributed by atoms with van der Waals surface area (Å²) in [6, 6.07) is 4.56. The van der Waals surface area contributed by atoms with Crippen molar-refractivity contribution in [2.24, 2.45) is 0 Å². The topological polar surface area (TPSA) is 78.4 Å². The molecule has 1 aliphatic rings. The van der Waals surface area contributed by atoms with Gasteiger partial charge >= 0.3 is 0 Å². The molecule has 2 rings (SSSR count). The van der Waals surface area contributed by atoms with Crippen molar-refractivity contribution in [3.05, 3.63) is 23.8 Å². The number of phenolic OH excluding ortho intramolecular Hbond substituents is 1. The lowest BCUT2D eigenvalue weighted by Crippen LogP contribution is -2.34. The van der Waals surface area contributed by atoms with Gasteiger partial charge in [-0.3, -0.25) is 4.72 Å². The summed E-state index contributed by atoms with van der Waals surface area (Å²) >= 11 is 0. The van der Waals surface area contributed by atoms with Crippen molar-refractivity contribution in [3.63, 3.8) is 0 Å². The Morgan fingerprint density at radius 3 is 2.92 bits per heavy atom. The number of anilines is 1. The van der Waals surface area contributed by atoms with Gasteiger partial charge in [0.2, 0.25) is 0 Å². The molecule has 70 valence electrons. The predicted molar refractivity (Wildman–Crippen MR) is 47.5 cm³/mol. The summed E-state index contributed by atoms with van der Waals surface area (Å²) in [6.45, 7) is 0.255. The molecule has 0 amide bonds. The van der Waals surface area contributed by atoms with Crippen LogP contribution >= 0.6 is 0 Å². The van der Waals surface area contributed by atoms with Crippen LogP contribution in [-0.2, 0) is 16.8 Å². The molecule has 0 aromatic heterocycles. The van der Waals surface area contributed by atoms with Crippen LogP contribution in [0, 0.1) is 0 Å². The van der Waals surface area contributed by atoms with E-state index in [1.807, 2.05) is 0 Å². The lowest BCUT2D eigenvalue weighted by molar-refractivity contribution is 0.475. The third-order valence-electron chi connectivity index (χ3n) is 1.79. The van der Waals surface area contributed by atoms with E-state index in [1.165, 1.54) is 12.1 Å². The predicted octanol–water partition coefficient (Wildman–Crippen LogP) is 0.152. The van der Waals surface area contributed by atoms with Gasteiger partial charge in [-0.2, -0.15) is 13.1 Å². The van der Waals surface area contributed by atoms with Crippen LogP contribution in [0.15, 0.2) is 18.2 Å². The zero-order valence-electron chi connectivity index (χ0n) is 6.61. The Labute approximate surface area is 75.6 Å². The molecule has 6 heteroatoms. The molecule has 0 fully saturated rings. The standard InChI is InChI=1S/C7H8N2O3S/c10-6-2-1-5-4-8-13(11,12)9-7(5)3-6/h1-3,8-10H,4H2. The molecular formula is C7H8N2O3S. The minimum Gasteiger partial charge on any atom is -0.508 e. The van der Waals surface area contributed by atoms with Gasteiger partial charge in [0, 0.05) is 12.6 Å². The summed E-state index contributed by atoms with van der Waals surface area (Å²) in [5, 5.41) is 9.10. The third-order valence-corrected chi connectivity index (χ3v) is 2.80. The Morgan fingerprint density at radius 2 is 2.15 bits per heavy atom. The van der Waals surface area contributed by atoms with E-state index in [1.54, 1.807) is 6.07 Å². The summed E-state index contributed by atoms with van der Waals surface area (Å²) in [7, 11) is -3.42. The molecule has 0 spiro atoms. The zero-order valence-corrected chi connectivity index (χ0v) is 7.43. The maximum absolute atomic E-state index is 11.0. The first kappa shape index (κ1) is 8.33. The van der Waals surface area contributed by atoms with E-state index in [4.69, 9.17) is 5.11 Å². The first-order valence-corrected chi connectivity index (χ1v) is 5.14. The molecule has 0 unspecified atom stereocenters. The zero-order chi connectivity index (χ0) is 9.47. The van der Waals surface area contributed by atoms with Crippen LogP contribution in [0.2, 0.25) is 0 Å². The Balaban J connectivity index is 2.50. The third kappa shape index (κ3) is 1.58. The number of fused-ring (bicyclic) bond motifs is 1. The molecule has 0 bridgehead atoms. The van der Waals surface area contributed by atoms with E-state index in [0.29, 0.717) is 5.69 Å². The molecule has 1 aromatic carbocycles. The van der Waals surface area contributed by atoms with E-state index in [9.17, 15) is 8.42 Å². The maximum Gasteiger partial charge on any atom is 0.299 e. The van der Waals surface area contributed by atoms with Gasteiger partial charge in [-0.1, -0.05) is 6.07 Å². The quantitative estimate of drug-likeness (QED) is 0.558. The number of phenols is 1. The number of benzene rings is 1. The molecule has 1 heterocycles. The molecule has 0 radical (unpaired) electrons. The smallest absolute Gasteiger partial charge is 0.299 e. The number of rotatable bonds is 0. The van der Waals surface area contributed by atoms with Crippen LogP contribution in [0.1, 0.15) is 5.56 Å². The summed E-state index contributed by atoms with van der Waals surface area (Å²) in [5.74, 6) is 0.0448. The van der Waals surface area contributed by atoms with Crippen LogP contribution in [0.4, 0.5) is 5.69 Å². The average Bonchev–Trinajstić information content (AvgIpc) is 2.01. The molecule has 5 nitrogen and oxygen atoms in total. The van der Waals surface area contributed by atoms with Crippen molar-refractivity contribution in [2.45, 2.75) is 6.54 Å². The first-order chi connectivity index (χ1) is 6.07. The van der Waals surface area contributed by atoms with Gasteiger partial charge in [0.25, 0.3) is 10.2 Å². The van der Waals surface area contributed by atoms with Gasteiger partial charge in [-0.05, 0) is 11.6 Å². The molecule has 1 aliphatic heterocycles. The monoisotopic (exact) mass is 200 g/mol. The summed E-state index contributed by atoms with van der Waals surface area (Å²) in [6.07, 6.45) is 0. The molecule has 0 aliphatic carbocycles. The normalized spacial score (nSPS) is 18.8. The maximum atomic E-state index is 11.0. The number of hydrogen-bond donors (Lipinski definition) is 3. The van der Waals surface area contributed by atoms with Gasteiger partial charge in [-0.25, -0.2) is 0 Å². The minimum atomic E-state index is -3.42. The highest BCUT2D eigenvalue weighted by molar-refractivity contribution is 7.90. The number of nitrogens with one attached hydrogen (secondary N) is 2. The van der Waals surface area contributed by atoms with Crippen molar-refractivity contribution in [1.82, 2.24) is 4.72 Å². The van der Waals surface area contributed by atoms with Gasteiger partial charge in [-0.15, -0.1) is 0 Å². The fraction of sp³-hybridized carbons (Fsp3) is 0.143. The van der Waals surface area contributed by atoms with Crippen LogP contribution in [0.5, 0.6) is 5.75 Å². The Morgan fingerprint density at radius 1 is 1.38 bits per heavy atom. The fourth-order valence-corrected chi connectivity index (χ4v) is 2.06. The van der Waals surface area contributed by atoms with Crippen LogP contribution < -0.4 is 9.44 Å². The molecule has 0 atom stereocenters. The Hall–Kier alpha value is -1.27. The molecule has 3 N–H and O–H groups in total. The highest BCUT2D eigenvalue weighted by Crippen LogP contribution is 2.24. The molecule has 13 heavy (non-hydrogen) atoms. The van der Waals surface area contributed by atoms with Crippen molar-refractivity contribution >= 4 is 15.9 Å². The van der Waals surface area contributed by atoms with Crippen molar-refractivity contribution < 1.29 is 13.5 Å². The molecule has 0 saturated carbocycles. The fourth-order valence-electron chi connectivity index (χ4n) is 1.17. The first-order valence-electron chi connectivity index (χ1n) is 3.66.